The number of aromatic amines is 1. The lowest BCUT2D eigenvalue weighted by molar-refractivity contribution is 0.415. The van der Waals surface area contributed by atoms with Crippen LogP contribution in [0.1, 0.15) is 26.6 Å². The smallest absolute Gasteiger partial charge is 0.119 e. The summed E-state index contributed by atoms with van der Waals surface area (Å²) >= 11 is 5.20. The third-order valence-electron chi connectivity index (χ3n) is 5.41. The zero-order valence-corrected chi connectivity index (χ0v) is 19.0. The van der Waals surface area contributed by atoms with Gasteiger partial charge in [0.1, 0.15) is 11.6 Å². The van der Waals surface area contributed by atoms with Gasteiger partial charge in [0.2, 0.25) is 0 Å². The van der Waals surface area contributed by atoms with Gasteiger partial charge in [0.25, 0.3) is 0 Å². The number of aromatic nitrogens is 3. The molecule has 31 heavy (non-hydrogen) atoms. The Balaban J connectivity index is 1.83. The van der Waals surface area contributed by atoms with Crippen molar-refractivity contribution in [3.63, 3.8) is 0 Å². The number of pyridine rings is 1. The fourth-order valence-electron chi connectivity index (χ4n) is 3.56. The molecule has 2 aromatic carbocycles. The highest BCUT2D eigenvalue weighted by molar-refractivity contribution is 7.80. The van der Waals surface area contributed by atoms with Crippen molar-refractivity contribution in [2.75, 3.05) is 13.7 Å². The van der Waals surface area contributed by atoms with Gasteiger partial charge in [-0.2, -0.15) is 0 Å². The van der Waals surface area contributed by atoms with Crippen LogP contribution in [-0.2, 0) is 5.41 Å². The van der Waals surface area contributed by atoms with E-state index in [0.717, 1.165) is 49.8 Å². The Kier molecular flexibility index (Phi) is 5.74. The minimum absolute atomic E-state index is 0.232. The zero-order valence-electron chi connectivity index (χ0n) is 18.2. The molecule has 0 saturated heterocycles. The van der Waals surface area contributed by atoms with Crippen LogP contribution in [0, 0.1) is 0 Å². The molecule has 2 N–H and O–H groups in total. The van der Waals surface area contributed by atoms with Crippen LogP contribution in [0.5, 0.6) is 5.75 Å². The van der Waals surface area contributed by atoms with E-state index in [1.165, 1.54) is 0 Å². The second-order valence-corrected chi connectivity index (χ2v) is 8.88. The lowest BCUT2D eigenvalue weighted by Crippen LogP contribution is -2.35. The second-order valence-electron chi connectivity index (χ2n) is 8.27. The average molecular weight is 431 g/mol. The van der Waals surface area contributed by atoms with Gasteiger partial charge in [-0.1, -0.05) is 44.3 Å². The predicted octanol–water partition coefficient (Wildman–Crippen LogP) is 5.52. The summed E-state index contributed by atoms with van der Waals surface area (Å²) in [6, 6.07) is 16.5. The number of benzene rings is 2. The van der Waals surface area contributed by atoms with Crippen LogP contribution in [0.25, 0.3) is 33.3 Å². The molecule has 2 heterocycles. The van der Waals surface area contributed by atoms with Crippen LogP contribution in [0.2, 0.25) is 0 Å². The van der Waals surface area contributed by atoms with Gasteiger partial charge in [0, 0.05) is 35.5 Å². The van der Waals surface area contributed by atoms with Gasteiger partial charge in [-0.15, -0.1) is 0 Å². The number of H-pyrrole nitrogens is 1. The Morgan fingerprint density at radius 1 is 1.03 bits per heavy atom. The SMILES string of the molecule is COc1ccc2cc(-c3nc(C(C)(C)CNC(C)=S)[nH]c3-c3ccncc3)ccc2c1. The Bertz CT molecular complexity index is 1230. The number of imidazole rings is 1. The first-order chi connectivity index (χ1) is 14.9. The maximum atomic E-state index is 5.36. The molecule has 0 unspecified atom stereocenters. The summed E-state index contributed by atoms with van der Waals surface area (Å²) < 4.78 is 5.36. The predicted molar refractivity (Wildman–Crippen MR) is 131 cm³/mol. The first kappa shape index (κ1) is 21.0. The highest BCUT2D eigenvalue weighted by atomic mass is 32.1. The van der Waals surface area contributed by atoms with Crippen molar-refractivity contribution in [1.82, 2.24) is 20.3 Å². The first-order valence-electron chi connectivity index (χ1n) is 10.2. The van der Waals surface area contributed by atoms with E-state index < -0.39 is 0 Å². The normalized spacial score (nSPS) is 11.5. The molecule has 4 aromatic rings. The van der Waals surface area contributed by atoms with Gasteiger partial charge in [0.15, 0.2) is 0 Å². The Morgan fingerprint density at radius 2 is 1.74 bits per heavy atom. The van der Waals surface area contributed by atoms with Gasteiger partial charge in [-0.25, -0.2) is 4.98 Å². The summed E-state index contributed by atoms with van der Waals surface area (Å²) in [6.45, 7) is 6.90. The molecule has 6 heteroatoms. The summed E-state index contributed by atoms with van der Waals surface area (Å²) in [5.74, 6) is 1.76. The fraction of sp³-hybridized carbons (Fsp3) is 0.240. The largest absolute Gasteiger partial charge is 0.497 e. The molecule has 0 spiro atoms. The van der Waals surface area contributed by atoms with Crippen LogP contribution in [0.3, 0.4) is 0 Å². The standard InChI is InChI=1S/C25H26N4OS/c1-16(31)27-15-25(2,3)24-28-22(17-9-11-26-12-10-17)23(29-24)20-6-5-19-14-21(30-4)8-7-18(19)13-20/h5-14H,15H2,1-4H3,(H,27,31)(H,28,29). The van der Waals surface area contributed by atoms with Gasteiger partial charge in [-0.05, 0) is 48.0 Å². The second kappa shape index (κ2) is 8.47. The third-order valence-corrected chi connectivity index (χ3v) is 5.56. The molecule has 158 valence electrons. The number of nitrogens with one attached hydrogen (secondary N) is 2. The fourth-order valence-corrected chi connectivity index (χ4v) is 3.63. The number of methoxy groups -OCH3 is 1. The Morgan fingerprint density at radius 3 is 2.45 bits per heavy atom. The number of hydrogen-bond acceptors (Lipinski definition) is 4. The van der Waals surface area contributed by atoms with Gasteiger partial charge < -0.3 is 15.0 Å². The molecule has 0 amide bonds. The van der Waals surface area contributed by atoms with Crippen molar-refractivity contribution < 1.29 is 4.74 Å². The highest BCUT2D eigenvalue weighted by Gasteiger charge is 2.27. The van der Waals surface area contributed by atoms with Crippen LogP contribution >= 0.6 is 12.2 Å². The van der Waals surface area contributed by atoms with Crippen molar-refractivity contribution >= 4 is 28.0 Å². The minimum atomic E-state index is -0.232. The lowest BCUT2D eigenvalue weighted by atomic mass is 9.92. The summed E-state index contributed by atoms with van der Waals surface area (Å²) in [5.41, 5.74) is 3.78. The van der Waals surface area contributed by atoms with Crippen molar-refractivity contribution in [2.45, 2.75) is 26.2 Å². The number of hydrogen-bond donors (Lipinski definition) is 2. The average Bonchev–Trinajstić information content (AvgIpc) is 3.24. The van der Waals surface area contributed by atoms with Crippen LogP contribution in [-0.4, -0.2) is 33.6 Å². The number of ether oxygens (including phenoxy) is 1. The number of thiocarbonyl (C=S) groups is 1. The van der Waals surface area contributed by atoms with Crippen LogP contribution in [0.4, 0.5) is 0 Å². The first-order valence-corrected chi connectivity index (χ1v) is 10.6. The van der Waals surface area contributed by atoms with Crippen LogP contribution in [0.15, 0.2) is 60.9 Å². The minimum Gasteiger partial charge on any atom is -0.497 e. The van der Waals surface area contributed by atoms with E-state index in [-0.39, 0.29) is 5.41 Å². The summed E-state index contributed by atoms with van der Waals surface area (Å²) in [7, 11) is 1.68. The van der Waals surface area contributed by atoms with E-state index in [2.05, 4.69) is 53.4 Å². The lowest BCUT2D eigenvalue weighted by Gasteiger charge is -2.22. The van der Waals surface area contributed by atoms with Gasteiger partial charge in [0.05, 0.1) is 23.5 Å². The van der Waals surface area contributed by atoms with Crippen LogP contribution < -0.4 is 10.1 Å². The maximum Gasteiger partial charge on any atom is 0.119 e. The molecule has 2 aromatic heterocycles. The molecule has 5 nitrogen and oxygen atoms in total. The molecular weight excluding hydrogens is 404 g/mol. The maximum absolute atomic E-state index is 5.36. The number of fused-ring (bicyclic) bond motifs is 1. The van der Waals surface area contributed by atoms with Gasteiger partial charge in [-0.3, -0.25) is 4.98 Å². The Hall–Kier alpha value is -3.25. The van der Waals surface area contributed by atoms with E-state index in [9.17, 15) is 0 Å². The number of rotatable bonds is 6. The van der Waals surface area contributed by atoms with E-state index in [1.807, 2.05) is 31.2 Å². The van der Waals surface area contributed by atoms with Crippen molar-refractivity contribution in [3.8, 4) is 28.3 Å². The summed E-state index contributed by atoms with van der Waals surface area (Å²) in [6.07, 6.45) is 3.60. The van der Waals surface area contributed by atoms with Crippen molar-refractivity contribution in [1.29, 1.82) is 0 Å². The van der Waals surface area contributed by atoms with Crippen molar-refractivity contribution in [3.05, 3.63) is 66.7 Å². The molecular formula is C25H26N4OS. The molecule has 0 aliphatic heterocycles. The highest BCUT2D eigenvalue weighted by Crippen LogP contribution is 2.35. The number of nitrogens with zero attached hydrogens (tertiary/aromatic N) is 2. The summed E-state index contributed by atoms with van der Waals surface area (Å²) in [4.78, 5) is 13.6. The van der Waals surface area contributed by atoms with E-state index >= 15 is 0 Å². The molecule has 0 aliphatic carbocycles. The zero-order chi connectivity index (χ0) is 22.0. The van der Waals surface area contributed by atoms with E-state index in [1.54, 1.807) is 19.5 Å². The monoisotopic (exact) mass is 430 g/mol. The Labute approximate surface area is 187 Å². The molecule has 0 saturated carbocycles. The molecule has 0 radical (unpaired) electrons. The topological polar surface area (TPSA) is 62.8 Å². The van der Waals surface area contributed by atoms with Crippen molar-refractivity contribution in [2.24, 2.45) is 0 Å². The quantitative estimate of drug-likeness (QED) is 0.395. The van der Waals surface area contributed by atoms with E-state index in [0.29, 0.717) is 6.54 Å². The molecule has 4 rings (SSSR count). The molecule has 0 atom stereocenters. The molecule has 0 aliphatic rings. The third kappa shape index (κ3) is 4.44. The van der Waals surface area contributed by atoms with Gasteiger partial charge >= 0.3 is 0 Å². The molecule has 0 bridgehead atoms. The summed E-state index contributed by atoms with van der Waals surface area (Å²) in [5, 5.41) is 5.55. The molecule has 0 fully saturated rings. The van der Waals surface area contributed by atoms with E-state index in [4.69, 9.17) is 21.9 Å².